The van der Waals surface area contributed by atoms with Crippen LogP contribution in [0.5, 0.6) is 0 Å². The Morgan fingerprint density at radius 3 is 1.79 bits per heavy atom. The van der Waals surface area contributed by atoms with Gasteiger partial charge < -0.3 is 0 Å². The van der Waals surface area contributed by atoms with Crippen LogP contribution in [0.15, 0.2) is 54.6 Å². The molecule has 0 bridgehead atoms. The molecule has 0 spiro atoms. The van der Waals surface area contributed by atoms with Gasteiger partial charge in [-0.2, -0.15) is 0 Å². The highest BCUT2D eigenvalue weighted by Crippen LogP contribution is 2.34. The van der Waals surface area contributed by atoms with Crippen molar-refractivity contribution in [3.05, 3.63) is 60.2 Å². The number of hydrogen-bond donors (Lipinski definition) is 0. The molecule has 0 nitrogen and oxygen atoms in total. The molecule has 0 heterocycles. The van der Waals surface area contributed by atoms with Gasteiger partial charge in [0.15, 0.2) is 0 Å². The predicted octanol–water partition coefficient (Wildman–Crippen LogP) is 5.93. The summed E-state index contributed by atoms with van der Waals surface area (Å²) in [6.07, 6.45) is 0. The Morgan fingerprint density at radius 2 is 1.26 bits per heavy atom. The summed E-state index contributed by atoms with van der Waals surface area (Å²) in [5.74, 6) is 1.07. The van der Waals surface area contributed by atoms with Crippen LogP contribution < -0.4 is 0 Å². The quantitative estimate of drug-likeness (QED) is 0.606. The molecule has 0 saturated heterocycles. The lowest BCUT2D eigenvalue weighted by atomic mass is 9.90. The predicted molar refractivity (Wildman–Crippen MR) is 84.5 cm³/mol. The number of hydrogen-bond acceptors (Lipinski definition) is 0. The van der Waals surface area contributed by atoms with Gasteiger partial charge in [0.25, 0.3) is 0 Å². The van der Waals surface area contributed by atoms with Gasteiger partial charge in [0, 0.05) is 0 Å². The molecule has 2 atom stereocenters. The summed E-state index contributed by atoms with van der Waals surface area (Å²) in [5, 5.41) is 0.0878. The largest absolute Gasteiger partial charge is 0.118 e. The molecule has 2 aromatic rings. The fraction of sp³-hybridized carbons (Fsp3) is 0.333. The highest BCUT2D eigenvalue weighted by atomic mass is 35.5. The standard InChI is InChI=1S/C18H21Cl/c1-13(2)14(3)18(19)17-11-9-16(10-12-17)15-7-5-4-6-8-15/h4-14,18H,1-3H3. The van der Waals surface area contributed by atoms with Crippen LogP contribution in [0.1, 0.15) is 31.7 Å². The molecule has 0 saturated carbocycles. The Labute approximate surface area is 121 Å². The van der Waals surface area contributed by atoms with Crippen molar-refractivity contribution in [1.82, 2.24) is 0 Å². The lowest BCUT2D eigenvalue weighted by Crippen LogP contribution is -2.10. The summed E-state index contributed by atoms with van der Waals surface area (Å²) >= 11 is 6.55. The molecule has 0 aliphatic heterocycles. The van der Waals surface area contributed by atoms with Gasteiger partial charge in [-0.25, -0.2) is 0 Å². The van der Waals surface area contributed by atoms with E-state index in [2.05, 4.69) is 69.3 Å². The second-order valence-electron chi connectivity index (χ2n) is 5.49. The van der Waals surface area contributed by atoms with Crippen LogP contribution in [-0.2, 0) is 0 Å². The summed E-state index contributed by atoms with van der Waals surface area (Å²) in [5.41, 5.74) is 3.70. The highest BCUT2D eigenvalue weighted by molar-refractivity contribution is 6.21. The zero-order chi connectivity index (χ0) is 13.8. The van der Waals surface area contributed by atoms with Crippen molar-refractivity contribution in [3.63, 3.8) is 0 Å². The third kappa shape index (κ3) is 3.39. The molecule has 0 amide bonds. The molecule has 19 heavy (non-hydrogen) atoms. The molecule has 0 N–H and O–H groups in total. The van der Waals surface area contributed by atoms with Crippen LogP contribution in [0.3, 0.4) is 0 Å². The molecular formula is C18H21Cl. The van der Waals surface area contributed by atoms with Crippen molar-refractivity contribution in [2.75, 3.05) is 0 Å². The molecule has 2 rings (SSSR count). The van der Waals surface area contributed by atoms with Gasteiger partial charge in [0.1, 0.15) is 0 Å². The summed E-state index contributed by atoms with van der Waals surface area (Å²) in [7, 11) is 0. The van der Waals surface area contributed by atoms with Gasteiger partial charge in [-0.1, -0.05) is 75.4 Å². The summed E-state index contributed by atoms with van der Waals surface area (Å²) < 4.78 is 0. The molecule has 100 valence electrons. The summed E-state index contributed by atoms with van der Waals surface area (Å²) in [6, 6.07) is 19.0. The molecule has 0 fully saturated rings. The van der Waals surface area contributed by atoms with Crippen molar-refractivity contribution >= 4 is 11.6 Å². The van der Waals surface area contributed by atoms with E-state index >= 15 is 0 Å². The van der Waals surface area contributed by atoms with Crippen LogP contribution in [0.4, 0.5) is 0 Å². The molecule has 0 aliphatic rings. The second kappa shape index (κ2) is 6.25. The lowest BCUT2D eigenvalue weighted by molar-refractivity contribution is 0.406. The van der Waals surface area contributed by atoms with Crippen molar-refractivity contribution in [2.45, 2.75) is 26.1 Å². The zero-order valence-corrected chi connectivity index (χ0v) is 12.6. The van der Waals surface area contributed by atoms with E-state index < -0.39 is 0 Å². The van der Waals surface area contributed by atoms with Crippen molar-refractivity contribution in [3.8, 4) is 11.1 Å². The Balaban J connectivity index is 2.19. The van der Waals surface area contributed by atoms with E-state index in [1.807, 2.05) is 6.07 Å². The zero-order valence-electron chi connectivity index (χ0n) is 11.8. The first-order valence-electron chi connectivity index (χ1n) is 6.89. The monoisotopic (exact) mass is 272 g/mol. The Morgan fingerprint density at radius 1 is 0.737 bits per heavy atom. The molecule has 2 aromatic carbocycles. The van der Waals surface area contributed by atoms with E-state index in [1.54, 1.807) is 0 Å². The average Bonchev–Trinajstić information content (AvgIpc) is 2.46. The van der Waals surface area contributed by atoms with Crippen molar-refractivity contribution < 1.29 is 0 Å². The number of benzene rings is 2. The first-order valence-corrected chi connectivity index (χ1v) is 7.32. The second-order valence-corrected chi connectivity index (χ2v) is 5.96. The number of halogens is 1. The van der Waals surface area contributed by atoms with Crippen LogP contribution in [0.25, 0.3) is 11.1 Å². The van der Waals surface area contributed by atoms with Gasteiger partial charge in [0.05, 0.1) is 5.38 Å². The van der Waals surface area contributed by atoms with E-state index in [1.165, 1.54) is 16.7 Å². The van der Waals surface area contributed by atoms with Gasteiger partial charge in [0.2, 0.25) is 0 Å². The minimum Gasteiger partial charge on any atom is -0.118 e. The third-order valence-corrected chi connectivity index (χ3v) is 4.50. The van der Waals surface area contributed by atoms with Crippen LogP contribution in [0.2, 0.25) is 0 Å². The maximum Gasteiger partial charge on any atom is 0.0613 e. The van der Waals surface area contributed by atoms with E-state index in [9.17, 15) is 0 Å². The van der Waals surface area contributed by atoms with Crippen LogP contribution in [0, 0.1) is 11.8 Å². The van der Waals surface area contributed by atoms with Crippen molar-refractivity contribution in [2.24, 2.45) is 11.8 Å². The molecule has 0 aliphatic carbocycles. The minimum atomic E-state index is 0.0878. The van der Waals surface area contributed by atoms with Gasteiger partial charge in [-0.15, -0.1) is 11.6 Å². The van der Waals surface area contributed by atoms with Crippen LogP contribution >= 0.6 is 11.6 Å². The average molecular weight is 273 g/mol. The Bertz CT molecular complexity index is 499. The fourth-order valence-electron chi connectivity index (χ4n) is 2.13. The van der Waals surface area contributed by atoms with E-state index in [0.29, 0.717) is 11.8 Å². The Hall–Kier alpha value is -1.27. The maximum atomic E-state index is 6.55. The van der Waals surface area contributed by atoms with E-state index in [0.717, 1.165) is 0 Å². The van der Waals surface area contributed by atoms with Crippen LogP contribution in [-0.4, -0.2) is 0 Å². The van der Waals surface area contributed by atoms with Crippen molar-refractivity contribution in [1.29, 1.82) is 0 Å². The first kappa shape index (κ1) is 14.1. The van der Waals surface area contributed by atoms with E-state index in [-0.39, 0.29) is 5.38 Å². The fourth-order valence-corrected chi connectivity index (χ4v) is 2.57. The van der Waals surface area contributed by atoms with Gasteiger partial charge >= 0.3 is 0 Å². The molecule has 2 unspecified atom stereocenters. The van der Waals surface area contributed by atoms with Gasteiger partial charge in [-0.3, -0.25) is 0 Å². The van der Waals surface area contributed by atoms with Gasteiger partial charge in [-0.05, 0) is 28.5 Å². The third-order valence-electron chi connectivity index (χ3n) is 3.85. The molecule has 1 heteroatoms. The number of rotatable bonds is 4. The lowest BCUT2D eigenvalue weighted by Gasteiger charge is -2.22. The molecule has 0 aromatic heterocycles. The maximum absolute atomic E-state index is 6.55. The normalized spacial score (nSPS) is 14.4. The topological polar surface area (TPSA) is 0 Å². The SMILES string of the molecule is CC(C)C(C)C(Cl)c1ccc(-c2ccccc2)cc1. The highest BCUT2D eigenvalue weighted by Gasteiger charge is 2.19. The first-order chi connectivity index (χ1) is 9.09. The van der Waals surface area contributed by atoms with E-state index in [4.69, 9.17) is 11.6 Å². The molecule has 0 radical (unpaired) electrons. The summed E-state index contributed by atoms with van der Waals surface area (Å²) in [4.78, 5) is 0. The number of alkyl halides is 1. The Kier molecular flexibility index (Phi) is 4.66. The smallest absolute Gasteiger partial charge is 0.0613 e. The minimum absolute atomic E-state index is 0.0878. The molecular weight excluding hydrogens is 252 g/mol. The summed E-state index contributed by atoms with van der Waals surface area (Å²) in [6.45, 7) is 6.66.